The highest BCUT2D eigenvalue weighted by Gasteiger charge is 2.51. The van der Waals surface area contributed by atoms with E-state index in [1.807, 2.05) is 0 Å². The van der Waals surface area contributed by atoms with Gasteiger partial charge in [0.1, 0.15) is 12.1 Å². The first-order valence-corrected chi connectivity index (χ1v) is 7.88. The maximum Gasteiger partial charge on any atom is 0.325 e. The number of carbonyl (C=O) groups is 3. The topological polar surface area (TPSA) is 107 Å². The fraction of sp³-hybridized carbons (Fsp3) is 0.600. The van der Waals surface area contributed by atoms with E-state index in [1.165, 1.54) is 0 Å². The molecule has 2 fully saturated rings. The van der Waals surface area contributed by atoms with Gasteiger partial charge in [-0.05, 0) is 26.7 Å². The second-order valence-electron chi connectivity index (χ2n) is 6.32. The van der Waals surface area contributed by atoms with Gasteiger partial charge < -0.3 is 10.6 Å². The molecule has 0 radical (unpaired) electrons. The summed E-state index contributed by atoms with van der Waals surface area (Å²) in [6.07, 6.45) is 4.20. The van der Waals surface area contributed by atoms with E-state index in [4.69, 9.17) is 0 Å². The van der Waals surface area contributed by atoms with Crippen molar-refractivity contribution in [2.75, 3.05) is 11.9 Å². The zero-order valence-electron chi connectivity index (χ0n) is 13.4. The largest absolute Gasteiger partial charge is 0.325 e. The Kier molecular flexibility index (Phi) is 3.83. The molecule has 0 unspecified atom stereocenters. The minimum atomic E-state index is -0.795. The van der Waals surface area contributed by atoms with E-state index in [0.29, 0.717) is 24.2 Å². The summed E-state index contributed by atoms with van der Waals surface area (Å²) in [5, 5.41) is 12.3. The van der Waals surface area contributed by atoms with Crippen LogP contribution in [-0.2, 0) is 9.59 Å². The summed E-state index contributed by atoms with van der Waals surface area (Å²) in [6, 6.07) is -0.479. The van der Waals surface area contributed by atoms with E-state index in [9.17, 15) is 14.4 Å². The zero-order chi connectivity index (χ0) is 16.6. The Labute approximate surface area is 134 Å². The van der Waals surface area contributed by atoms with Crippen LogP contribution < -0.4 is 10.6 Å². The van der Waals surface area contributed by atoms with E-state index < -0.39 is 17.5 Å². The number of aryl methyl sites for hydroxylation is 2. The van der Waals surface area contributed by atoms with Crippen molar-refractivity contribution in [2.45, 2.75) is 51.5 Å². The number of carbonyl (C=O) groups excluding carboxylic acids is 3. The normalized spacial score (nSPS) is 20.0. The van der Waals surface area contributed by atoms with Crippen LogP contribution in [0.5, 0.6) is 0 Å². The molecule has 1 aliphatic carbocycles. The lowest BCUT2D eigenvalue weighted by Crippen LogP contribution is -2.48. The molecule has 1 spiro atoms. The SMILES string of the molecule is Cc1n[nH]c(C)c1NC(=O)CN1C(=O)NC2(CCCCC2)C1=O. The van der Waals surface area contributed by atoms with Crippen LogP contribution in [0.1, 0.15) is 43.5 Å². The van der Waals surface area contributed by atoms with Gasteiger partial charge in [0.2, 0.25) is 5.91 Å². The molecule has 0 atom stereocenters. The van der Waals surface area contributed by atoms with E-state index in [-0.39, 0.29) is 12.5 Å². The van der Waals surface area contributed by atoms with E-state index in [2.05, 4.69) is 20.8 Å². The van der Waals surface area contributed by atoms with Gasteiger partial charge in [-0.1, -0.05) is 19.3 Å². The number of anilines is 1. The third-order valence-electron chi connectivity index (χ3n) is 4.65. The molecule has 4 amide bonds. The number of rotatable bonds is 3. The van der Waals surface area contributed by atoms with E-state index >= 15 is 0 Å². The quantitative estimate of drug-likeness (QED) is 0.728. The van der Waals surface area contributed by atoms with Crippen molar-refractivity contribution in [3.63, 3.8) is 0 Å². The molecule has 1 aromatic rings. The van der Waals surface area contributed by atoms with Crippen molar-refractivity contribution in [1.82, 2.24) is 20.4 Å². The predicted octanol–water partition coefficient (Wildman–Crippen LogP) is 1.22. The van der Waals surface area contributed by atoms with Gasteiger partial charge >= 0.3 is 6.03 Å². The molecule has 0 bridgehead atoms. The minimum absolute atomic E-state index is 0.280. The molecule has 1 saturated heterocycles. The average Bonchev–Trinajstić information content (AvgIpc) is 2.94. The number of hydrogen-bond acceptors (Lipinski definition) is 4. The molecule has 1 saturated carbocycles. The van der Waals surface area contributed by atoms with Crippen molar-refractivity contribution in [2.24, 2.45) is 0 Å². The number of hydrogen-bond donors (Lipinski definition) is 3. The Hall–Kier alpha value is -2.38. The fourth-order valence-electron chi connectivity index (χ4n) is 3.37. The number of nitrogens with zero attached hydrogens (tertiary/aromatic N) is 2. The minimum Gasteiger partial charge on any atom is -0.323 e. The highest BCUT2D eigenvalue weighted by Crippen LogP contribution is 2.33. The molecule has 1 aliphatic heterocycles. The zero-order valence-corrected chi connectivity index (χ0v) is 13.4. The summed E-state index contributed by atoms with van der Waals surface area (Å²) in [6.45, 7) is 3.28. The monoisotopic (exact) mass is 319 g/mol. The van der Waals surface area contributed by atoms with Gasteiger partial charge in [-0.2, -0.15) is 5.10 Å². The second-order valence-corrected chi connectivity index (χ2v) is 6.32. The molecule has 124 valence electrons. The average molecular weight is 319 g/mol. The van der Waals surface area contributed by atoms with Crippen LogP contribution in [0.4, 0.5) is 10.5 Å². The highest BCUT2D eigenvalue weighted by molar-refractivity contribution is 6.10. The molecule has 2 heterocycles. The van der Waals surface area contributed by atoms with Gasteiger partial charge in [0.15, 0.2) is 0 Å². The van der Waals surface area contributed by atoms with Crippen molar-refractivity contribution >= 4 is 23.5 Å². The van der Waals surface area contributed by atoms with Gasteiger partial charge in [-0.15, -0.1) is 0 Å². The fourth-order valence-corrected chi connectivity index (χ4v) is 3.37. The standard InChI is InChI=1S/C15H21N5O3/c1-9-12(10(2)19-18-9)16-11(21)8-20-13(22)15(17-14(20)23)6-4-3-5-7-15/h3-8H2,1-2H3,(H,16,21)(H,17,23)(H,18,19). The summed E-state index contributed by atoms with van der Waals surface area (Å²) >= 11 is 0. The maximum atomic E-state index is 12.6. The van der Waals surface area contributed by atoms with Crippen LogP contribution in [0.3, 0.4) is 0 Å². The van der Waals surface area contributed by atoms with Crippen molar-refractivity contribution in [3.8, 4) is 0 Å². The molecule has 3 rings (SSSR count). The molecule has 1 aromatic heterocycles. The number of aromatic nitrogens is 2. The van der Waals surface area contributed by atoms with Crippen LogP contribution >= 0.6 is 0 Å². The summed E-state index contributed by atoms with van der Waals surface area (Å²) < 4.78 is 0. The van der Waals surface area contributed by atoms with Gasteiger partial charge in [-0.25, -0.2) is 4.79 Å². The molecule has 0 aromatic carbocycles. The molecule has 23 heavy (non-hydrogen) atoms. The number of imide groups is 1. The summed E-state index contributed by atoms with van der Waals surface area (Å²) in [7, 11) is 0. The number of urea groups is 1. The number of aromatic amines is 1. The van der Waals surface area contributed by atoms with Gasteiger partial charge in [0, 0.05) is 0 Å². The lowest BCUT2D eigenvalue weighted by molar-refractivity contribution is -0.134. The number of nitrogens with one attached hydrogen (secondary N) is 3. The number of amides is 4. The maximum absolute atomic E-state index is 12.6. The smallest absolute Gasteiger partial charge is 0.323 e. The van der Waals surface area contributed by atoms with Crippen molar-refractivity contribution in [1.29, 1.82) is 0 Å². The first-order chi connectivity index (χ1) is 10.9. The van der Waals surface area contributed by atoms with E-state index in [0.717, 1.165) is 29.9 Å². The Morgan fingerprint density at radius 3 is 2.57 bits per heavy atom. The molecule has 3 N–H and O–H groups in total. The predicted molar refractivity (Wildman–Crippen MR) is 82.8 cm³/mol. The van der Waals surface area contributed by atoms with E-state index in [1.54, 1.807) is 13.8 Å². The Morgan fingerprint density at radius 1 is 1.26 bits per heavy atom. The summed E-state index contributed by atoms with van der Waals surface area (Å²) in [5.74, 6) is -0.688. The molecular formula is C15H21N5O3. The Bertz CT molecular complexity index is 641. The highest BCUT2D eigenvalue weighted by atomic mass is 16.2. The molecule has 8 nitrogen and oxygen atoms in total. The van der Waals surface area contributed by atoms with Crippen molar-refractivity contribution in [3.05, 3.63) is 11.4 Å². The second kappa shape index (κ2) is 5.68. The lowest BCUT2D eigenvalue weighted by Gasteiger charge is -2.30. The third-order valence-corrected chi connectivity index (χ3v) is 4.65. The van der Waals surface area contributed by atoms with Crippen LogP contribution in [0.2, 0.25) is 0 Å². The summed E-state index contributed by atoms with van der Waals surface area (Å²) in [4.78, 5) is 38.0. The van der Waals surface area contributed by atoms with Crippen molar-refractivity contribution < 1.29 is 14.4 Å². The molecule has 2 aliphatic rings. The van der Waals surface area contributed by atoms with Gasteiger partial charge in [-0.3, -0.25) is 19.6 Å². The van der Waals surface area contributed by atoms with Gasteiger partial charge in [0.25, 0.3) is 5.91 Å². The first kappa shape index (κ1) is 15.5. The Balaban J connectivity index is 1.69. The molecule has 8 heteroatoms. The first-order valence-electron chi connectivity index (χ1n) is 7.88. The summed E-state index contributed by atoms with van der Waals surface area (Å²) in [5.41, 5.74) is 1.19. The Morgan fingerprint density at radius 2 is 1.96 bits per heavy atom. The van der Waals surface area contributed by atoms with Crippen LogP contribution in [0.15, 0.2) is 0 Å². The van der Waals surface area contributed by atoms with Crippen LogP contribution in [-0.4, -0.2) is 45.0 Å². The van der Waals surface area contributed by atoms with Crippen LogP contribution in [0.25, 0.3) is 0 Å². The van der Waals surface area contributed by atoms with Crippen LogP contribution in [0, 0.1) is 13.8 Å². The number of H-pyrrole nitrogens is 1. The third kappa shape index (κ3) is 2.69. The molecular weight excluding hydrogens is 298 g/mol. The lowest BCUT2D eigenvalue weighted by atomic mass is 9.82. The van der Waals surface area contributed by atoms with Gasteiger partial charge in [0.05, 0.1) is 17.1 Å².